The van der Waals surface area contributed by atoms with Crippen molar-refractivity contribution in [3.63, 3.8) is 0 Å². The largest absolute Gasteiger partial charge is 0.262 e. The number of aryl methyl sites for hydroxylation is 4. The molecular formula is C12H16N8. The zero-order valence-corrected chi connectivity index (χ0v) is 11.8. The van der Waals surface area contributed by atoms with E-state index in [-0.39, 0.29) is 0 Å². The quantitative estimate of drug-likeness (QED) is 0.729. The molecule has 2 N–H and O–H groups in total. The van der Waals surface area contributed by atoms with E-state index in [2.05, 4.69) is 31.3 Å². The van der Waals surface area contributed by atoms with E-state index in [1.807, 2.05) is 40.1 Å². The Balaban J connectivity index is 1.80. The van der Waals surface area contributed by atoms with Crippen LogP contribution in [0.4, 0.5) is 0 Å². The molecule has 0 radical (unpaired) electrons. The molecule has 0 bridgehead atoms. The Morgan fingerprint density at radius 3 is 1.40 bits per heavy atom. The second kappa shape index (κ2) is 4.48. The van der Waals surface area contributed by atoms with E-state index in [1.54, 1.807) is 9.36 Å². The van der Waals surface area contributed by atoms with Gasteiger partial charge >= 0.3 is 0 Å². The fourth-order valence-electron chi connectivity index (χ4n) is 1.77. The Bertz CT molecular complexity index is 617. The summed E-state index contributed by atoms with van der Waals surface area (Å²) in [6.07, 6.45) is 3.79. The summed E-state index contributed by atoms with van der Waals surface area (Å²) >= 11 is 0. The number of rotatable bonds is 0. The molecule has 0 unspecified atom stereocenters. The summed E-state index contributed by atoms with van der Waals surface area (Å²) in [4.78, 5) is 0. The van der Waals surface area contributed by atoms with E-state index < -0.39 is 0 Å². The van der Waals surface area contributed by atoms with Crippen LogP contribution in [0.15, 0.2) is 22.6 Å². The molecule has 0 saturated carbocycles. The van der Waals surface area contributed by atoms with Gasteiger partial charge in [0.05, 0.1) is 11.4 Å². The Labute approximate surface area is 116 Å². The molecule has 0 amide bonds. The van der Waals surface area contributed by atoms with Crippen molar-refractivity contribution >= 4 is 11.9 Å². The lowest BCUT2D eigenvalue weighted by Crippen LogP contribution is -2.40. The zero-order valence-electron chi connectivity index (χ0n) is 11.8. The summed E-state index contributed by atoms with van der Waals surface area (Å²) in [6.45, 7) is 7.90. The first-order valence-electron chi connectivity index (χ1n) is 6.28. The fourth-order valence-corrected chi connectivity index (χ4v) is 1.77. The van der Waals surface area contributed by atoms with Crippen LogP contribution in [0.2, 0.25) is 0 Å². The first kappa shape index (κ1) is 12.4. The highest BCUT2D eigenvalue weighted by Gasteiger charge is 2.14. The first-order chi connectivity index (χ1) is 9.54. The maximum Gasteiger partial charge on any atom is 0.262 e. The number of hydrazone groups is 2. The SMILES string of the molecule is Cc1cn(C2=NNC(n3cc(C)c(C)n3)=NN2)nc1C. The summed E-state index contributed by atoms with van der Waals surface area (Å²) < 4.78 is 3.30. The number of nitrogens with one attached hydrogen (secondary N) is 2. The Morgan fingerprint density at radius 1 is 0.750 bits per heavy atom. The van der Waals surface area contributed by atoms with Crippen molar-refractivity contribution in [3.05, 3.63) is 34.9 Å². The lowest BCUT2D eigenvalue weighted by atomic mass is 10.3. The van der Waals surface area contributed by atoms with Crippen LogP contribution in [-0.4, -0.2) is 31.5 Å². The van der Waals surface area contributed by atoms with E-state index in [9.17, 15) is 0 Å². The molecule has 104 valence electrons. The van der Waals surface area contributed by atoms with Gasteiger partial charge in [0, 0.05) is 12.4 Å². The van der Waals surface area contributed by atoms with Gasteiger partial charge in [-0.2, -0.15) is 10.2 Å². The number of hydrogen-bond acceptors (Lipinski definition) is 6. The minimum atomic E-state index is 0.519. The third-order valence-corrected chi connectivity index (χ3v) is 3.25. The van der Waals surface area contributed by atoms with Gasteiger partial charge in [0.15, 0.2) is 0 Å². The molecule has 0 saturated heterocycles. The zero-order chi connectivity index (χ0) is 14.3. The highest BCUT2D eigenvalue weighted by atomic mass is 15.6. The van der Waals surface area contributed by atoms with Crippen molar-refractivity contribution < 1.29 is 0 Å². The second-order valence-electron chi connectivity index (χ2n) is 4.78. The summed E-state index contributed by atoms with van der Waals surface area (Å²) in [6, 6.07) is 0. The van der Waals surface area contributed by atoms with Crippen LogP contribution in [0.5, 0.6) is 0 Å². The molecule has 8 nitrogen and oxygen atoms in total. The van der Waals surface area contributed by atoms with Crippen molar-refractivity contribution in [3.8, 4) is 0 Å². The van der Waals surface area contributed by atoms with Crippen LogP contribution < -0.4 is 10.9 Å². The summed E-state index contributed by atoms with van der Waals surface area (Å²) in [5.74, 6) is 1.04. The average Bonchev–Trinajstić information content (AvgIpc) is 2.94. The van der Waals surface area contributed by atoms with Crippen LogP contribution in [0, 0.1) is 27.7 Å². The molecule has 2 aromatic heterocycles. The lowest BCUT2D eigenvalue weighted by Gasteiger charge is -2.14. The van der Waals surface area contributed by atoms with Gasteiger partial charge in [0.25, 0.3) is 11.9 Å². The molecule has 0 fully saturated rings. The number of aromatic nitrogens is 4. The minimum Gasteiger partial charge on any atom is -0.240 e. The standard InChI is InChI=1S/C12H16N8/c1-7-5-19(17-9(7)3)11-13-15-12(16-14-11)20-6-8(2)10(4)18-20/h5-6H,1-4H3,(H,13,14)(H,15,16). The summed E-state index contributed by atoms with van der Waals surface area (Å²) in [7, 11) is 0. The highest BCUT2D eigenvalue weighted by Crippen LogP contribution is 2.04. The molecule has 0 aromatic carbocycles. The molecule has 3 heterocycles. The Kier molecular flexibility index (Phi) is 2.78. The third-order valence-electron chi connectivity index (χ3n) is 3.25. The van der Waals surface area contributed by atoms with Crippen LogP contribution in [-0.2, 0) is 0 Å². The fraction of sp³-hybridized carbons (Fsp3) is 0.333. The van der Waals surface area contributed by atoms with E-state index >= 15 is 0 Å². The first-order valence-corrected chi connectivity index (χ1v) is 6.28. The van der Waals surface area contributed by atoms with Gasteiger partial charge in [-0.25, -0.2) is 20.2 Å². The Morgan fingerprint density at radius 2 is 1.15 bits per heavy atom. The number of nitrogens with zero attached hydrogens (tertiary/aromatic N) is 6. The minimum absolute atomic E-state index is 0.519. The monoisotopic (exact) mass is 272 g/mol. The molecular weight excluding hydrogens is 256 g/mol. The third kappa shape index (κ3) is 2.04. The van der Waals surface area contributed by atoms with Crippen LogP contribution >= 0.6 is 0 Å². The second-order valence-corrected chi connectivity index (χ2v) is 4.78. The van der Waals surface area contributed by atoms with E-state index in [4.69, 9.17) is 0 Å². The molecule has 8 heteroatoms. The van der Waals surface area contributed by atoms with Gasteiger partial charge in [-0.3, -0.25) is 0 Å². The van der Waals surface area contributed by atoms with Crippen molar-refractivity contribution in [2.75, 3.05) is 0 Å². The van der Waals surface area contributed by atoms with Crippen molar-refractivity contribution in [1.29, 1.82) is 0 Å². The van der Waals surface area contributed by atoms with E-state index in [0.717, 1.165) is 22.5 Å². The van der Waals surface area contributed by atoms with Crippen LogP contribution in [0.3, 0.4) is 0 Å². The van der Waals surface area contributed by atoms with Gasteiger partial charge in [-0.1, -0.05) is 0 Å². The smallest absolute Gasteiger partial charge is 0.240 e. The van der Waals surface area contributed by atoms with Crippen molar-refractivity contribution in [1.82, 2.24) is 30.4 Å². The highest BCUT2D eigenvalue weighted by molar-refractivity contribution is 5.90. The van der Waals surface area contributed by atoms with Crippen molar-refractivity contribution in [2.45, 2.75) is 27.7 Å². The van der Waals surface area contributed by atoms with E-state index in [1.165, 1.54) is 0 Å². The van der Waals surface area contributed by atoms with Crippen molar-refractivity contribution in [2.24, 2.45) is 10.2 Å². The van der Waals surface area contributed by atoms with Gasteiger partial charge in [0.1, 0.15) is 0 Å². The molecule has 3 rings (SSSR count). The average molecular weight is 272 g/mol. The predicted octanol–water partition coefficient (Wildman–Crippen LogP) is 0.444. The van der Waals surface area contributed by atoms with Crippen LogP contribution in [0.25, 0.3) is 0 Å². The topological polar surface area (TPSA) is 84.4 Å². The molecule has 1 aliphatic rings. The summed E-state index contributed by atoms with van der Waals surface area (Å²) in [5.41, 5.74) is 9.86. The molecule has 2 aromatic rings. The van der Waals surface area contributed by atoms with Crippen LogP contribution in [0.1, 0.15) is 22.5 Å². The molecule has 0 aliphatic carbocycles. The van der Waals surface area contributed by atoms with Gasteiger partial charge in [-0.15, -0.1) is 10.2 Å². The predicted molar refractivity (Wildman–Crippen MR) is 75.3 cm³/mol. The number of hydrogen-bond donors (Lipinski definition) is 2. The van der Waals surface area contributed by atoms with Gasteiger partial charge < -0.3 is 0 Å². The molecule has 1 aliphatic heterocycles. The molecule has 0 atom stereocenters. The molecule has 20 heavy (non-hydrogen) atoms. The van der Waals surface area contributed by atoms with Gasteiger partial charge in [-0.05, 0) is 38.8 Å². The Hall–Kier alpha value is -2.64. The maximum atomic E-state index is 4.34. The molecule has 0 spiro atoms. The lowest BCUT2D eigenvalue weighted by molar-refractivity contribution is 0.740. The maximum absolute atomic E-state index is 4.34. The normalized spacial score (nSPS) is 14.4. The van der Waals surface area contributed by atoms with Gasteiger partial charge in [0.2, 0.25) is 0 Å². The van der Waals surface area contributed by atoms with E-state index in [0.29, 0.717) is 11.9 Å². The summed E-state index contributed by atoms with van der Waals surface area (Å²) in [5, 5.41) is 17.1.